The number of rotatable bonds is 8. The highest BCUT2D eigenvalue weighted by atomic mass is 16.7. The van der Waals surface area contributed by atoms with Gasteiger partial charge in [-0.05, 0) is 86.0 Å². The second-order valence-corrected chi connectivity index (χ2v) is 12.1. The molecule has 0 radical (unpaired) electrons. The van der Waals surface area contributed by atoms with E-state index in [1.54, 1.807) is 4.90 Å². The number of likely N-dealkylation sites (tertiary alicyclic amines) is 1. The molecule has 1 aromatic carbocycles. The second-order valence-electron chi connectivity index (χ2n) is 12.1. The Hall–Kier alpha value is -2.06. The second kappa shape index (κ2) is 11.1. The molecule has 1 aromatic rings. The van der Waals surface area contributed by atoms with Gasteiger partial charge in [-0.25, -0.2) is 9.59 Å². The lowest BCUT2D eigenvalue weighted by Gasteiger charge is -2.45. The normalized spacial score (nSPS) is 23.4. The predicted molar refractivity (Wildman–Crippen MR) is 140 cm³/mol. The van der Waals surface area contributed by atoms with Crippen LogP contribution in [-0.2, 0) is 30.2 Å². The maximum absolute atomic E-state index is 13.7. The molecule has 2 heterocycles. The van der Waals surface area contributed by atoms with Crippen molar-refractivity contribution in [1.82, 2.24) is 4.90 Å². The molecule has 0 N–H and O–H groups in total. The lowest BCUT2D eigenvalue weighted by atomic mass is 9.78. The van der Waals surface area contributed by atoms with Crippen molar-refractivity contribution in [2.24, 2.45) is 0 Å². The fourth-order valence-electron chi connectivity index (χ4n) is 4.86. The van der Waals surface area contributed by atoms with Crippen molar-refractivity contribution in [3.63, 3.8) is 0 Å². The largest absolute Gasteiger partial charge is 0.459 e. The zero-order chi connectivity index (χ0) is 26.6. The quantitative estimate of drug-likeness (QED) is 0.242. The summed E-state index contributed by atoms with van der Waals surface area (Å²) in [6, 6.07) is 9.62. The molecule has 200 valence electrons. The van der Waals surface area contributed by atoms with Gasteiger partial charge in [-0.3, -0.25) is 4.90 Å². The van der Waals surface area contributed by atoms with E-state index in [9.17, 15) is 9.59 Å². The molecule has 1 atom stereocenters. The Kier molecular flexibility index (Phi) is 8.82. The van der Waals surface area contributed by atoms with Crippen molar-refractivity contribution in [2.75, 3.05) is 6.54 Å². The van der Waals surface area contributed by atoms with Crippen LogP contribution in [0.3, 0.4) is 0 Å². The lowest BCUT2D eigenvalue weighted by molar-refractivity contribution is -0.162. The Bertz CT molecular complexity index is 881. The molecule has 8 heteroatoms. The van der Waals surface area contributed by atoms with Crippen molar-refractivity contribution in [1.29, 1.82) is 0 Å². The average Bonchev–Trinajstić information content (AvgIpc) is 3.00. The lowest BCUT2D eigenvalue weighted by Crippen LogP contribution is -2.60. The minimum absolute atomic E-state index is 0.178. The van der Waals surface area contributed by atoms with Gasteiger partial charge >= 0.3 is 19.2 Å². The number of carbonyl (C=O) groups is 2. The number of hydrogen-bond acceptors (Lipinski definition) is 6. The maximum Gasteiger partial charge on any atom is 0.457 e. The summed E-state index contributed by atoms with van der Waals surface area (Å²) in [5.41, 5.74) is -1.49. The Balaban J connectivity index is 1.71. The standard InChI is InChI=1S/C28H44BNO6/c1-25(2,3)34-24(32)30-20-14-12-18-28(30,23(31)33-21-22-15-9-8-10-16-22)17-11-13-19-29-35-26(4,5)27(6,7)36-29/h8-10,15-16H,11-14,17-21H2,1-7H3. The monoisotopic (exact) mass is 501 g/mol. The summed E-state index contributed by atoms with van der Waals surface area (Å²) >= 11 is 0. The molecule has 0 aromatic heterocycles. The molecule has 0 saturated carbocycles. The first-order valence-electron chi connectivity index (χ1n) is 13.3. The number of nitrogens with zero attached hydrogens (tertiary/aromatic N) is 1. The fraction of sp³-hybridized carbons (Fsp3) is 0.714. The van der Waals surface area contributed by atoms with E-state index in [2.05, 4.69) is 0 Å². The van der Waals surface area contributed by atoms with E-state index >= 15 is 0 Å². The summed E-state index contributed by atoms with van der Waals surface area (Å²) in [5, 5.41) is 0. The topological polar surface area (TPSA) is 74.3 Å². The third kappa shape index (κ3) is 6.83. The van der Waals surface area contributed by atoms with Gasteiger partial charge in [-0.2, -0.15) is 0 Å². The zero-order valence-electron chi connectivity index (χ0n) is 23.2. The third-order valence-electron chi connectivity index (χ3n) is 7.53. The molecular formula is C28H44BNO6. The molecule has 2 aliphatic heterocycles. The van der Waals surface area contributed by atoms with Crippen LogP contribution < -0.4 is 0 Å². The van der Waals surface area contributed by atoms with E-state index < -0.39 is 17.2 Å². The van der Waals surface area contributed by atoms with E-state index in [0.717, 1.165) is 37.6 Å². The summed E-state index contributed by atoms with van der Waals surface area (Å²) in [7, 11) is -0.274. The smallest absolute Gasteiger partial charge is 0.457 e. The molecule has 0 spiro atoms. The minimum Gasteiger partial charge on any atom is -0.459 e. The third-order valence-corrected chi connectivity index (χ3v) is 7.53. The Morgan fingerprint density at radius 1 is 1.00 bits per heavy atom. The molecule has 0 bridgehead atoms. The molecule has 7 nitrogen and oxygen atoms in total. The Morgan fingerprint density at radius 2 is 1.64 bits per heavy atom. The first-order valence-corrected chi connectivity index (χ1v) is 13.3. The molecule has 1 unspecified atom stereocenters. The summed E-state index contributed by atoms with van der Waals surface area (Å²) < 4.78 is 23.8. The summed E-state index contributed by atoms with van der Waals surface area (Å²) in [5.74, 6) is -0.354. The van der Waals surface area contributed by atoms with Crippen LogP contribution in [0.4, 0.5) is 4.79 Å². The maximum atomic E-state index is 13.7. The molecule has 36 heavy (non-hydrogen) atoms. The van der Waals surface area contributed by atoms with Gasteiger partial charge in [-0.15, -0.1) is 0 Å². The van der Waals surface area contributed by atoms with Crippen molar-refractivity contribution in [2.45, 2.75) is 122 Å². The van der Waals surface area contributed by atoms with Gasteiger partial charge in [0.15, 0.2) is 0 Å². The number of esters is 1. The highest BCUT2D eigenvalue weighted by Gasteiger charge is 2.52. The summed E-state index contributed by atoms with van der Waals surface area (Å²) in [4.78, 5) is 28.6. The van der Waals surface area contributed by atoms with Crippen LogP contribution in [0.1, 0.15) is 92.6 Å². The average molecular weight is 501 g/mol. The van der Waals surface area contributed by atoms with E-state index in [0.29, 0.717) is 19.4 Å². The van der Waals surface area contributed by atoms with Gasteiger partial charge < -0.3 is 18.8 Å². The van der Waals surface area contributed by atoms with E-state index in [4.69, 9.17) is 18.8 Å². The van der Waals surface area contributed by atoms with Gasteiger partial charge in [0.2, 0.25) is 0 Å². The molecule has 3 rings (SSSR count). The van der Waals surface area contributed by atoms with Gasteiger partial charge in [0.1, 0.15) is 17.7 Å². The van der Waals surface area contributed by atoms with Crippen LogP contribution in [0, 0.1) is 0 Å². The van der Waals surface area contributed by atoms with Gasteiger partial charge in [0, 0.05) is 6.54 Å². The van der Waals surface area contributed by atoms with Crippen LogP contribution in [0.25, 0.3) is 0 Å². The highest BCUT2D eigenvalue weighted by molar-refractivity contribution is 6.45. The van der Waals surface area contributed by atoms with Crippen molar-refractivity contribution < 1.29 is 28.4 Å². The first kappa shape index (κ1) is 28.5. The number of carbonyl (C=O) groups excluding carboxylic acids is 2. The Labute approximate surface area is 217 Å². The minimum atomic E-state index is -1.04. The van der Waals surface area contributed by atoms with Gasteiger partial charge in [-0.1, -0.05) is 43.2 Å². The fourth-order valence-corrected chi connectivity index (χ4v) is 4.86. The molecule has 2 aliphatic rings. The van der Waals surface area contributed by atoms with Gasteiger partial charge in [0.05, 0.1) is 11.2 Å². The zero-order valence-corrected chi connectivity index (χ0v) is 23.2. The molecule has 0 aliphatic carbocycles. The number of ether oxygens (including phenoxy) is 2. The predicted octanol–water partition coefficient (Wildman–Crippen LogP) is 6.15. The molecular weight excluding hydrogens is 457 g/mol. The number of unbranched alkanes of at least 4 members (excludes halogenated alkanes) is 1. The van der Waals surface area contributed by atoms with Crippen LogP contribution in [0.15, 0.2) is 30.3 Å². The van der Waals surface area contributed by atoms with Crippen molar-refractivity contribution in [3.05, 3.63) is 35.9 Å². The van der Waals surface area contributed by atoms with E-state index in [1.165, 1.54) is 0 Å². The van der Waals surface area contributed by atoms with Crippen LogP contribution in [0.5, 0.6) is 0 Å². The van der Waals surface area contributed by atoms with Crippen LogP contribution >= 0.6 is 0 Å². The van der Waals surface area contributed by atoms with Crippen molar-refractivity contribution >= 4 is 19.2 Å². The van der Waals surface area contributed by atoms with Gasteiger partial charge in [0.25, 0.3) is 0 Å². The summed E-state index contributed by atoms with van der Waals surface area (Å²) in [6.45, 7) is 14.4. The number of hydrogen-bond donors (Lipinski definition) is 0. The number of piperidine rings is 1. The molecule has 2 saturated heterocycles. The first-order chi connectivity index (χ1) is 16.8. The van der Waals surface area contributed by atoms with E-state index in [-0.39, 0.29) is 30.9 Å². The number of benzene rings is 1. The van der Waals surface area contributed by atoms with Crippen LogP contribution in [-0.4, -0.2) is 53.0 Å². The van der Waals surface area contributed by atoms with Crippen molar-refractivity contribution in [3.8, 4) is 0 Å². The summed E-state index contributed by atoms with van der Waals surface area (Å²) in [6.07, 6.45) is 4.60. The van der Waals surface area contributed by atoms with E-state index in [1.807, 2.05) is 78.8 Å². The molecule has 1 amide bonds. The SMILES string of the molecule is CC(C)(C)OC(=O)N1CCCCC1(CCCCB1OC(C)(C)C(C)(C)O1)C(=O)OCc1ccccc1. The Morgan fingerprint density at radius 3 is 2.25 bits per heavy atom. The molecule has 2 fully saturated rings. The van der Waals surface area contributed by atoms with Crippen LogP contribution in [0.2, 0.25) is 6.32 Å². The number of amides is 1. The highest BCUT2D eigenvalue weighted by Crippen LogP contribution is 2.39.